The monoisotopic (exact) mass is 700 g/mol. The van der Waals surface area contributed by atoms with Crippen LogP contribution in [0.3, 0.4) is 0 Å². The van der Waals surface area contributed by atoms with Gasteiger partial charge in [-0.15, -0.1) is 0 Å². The Kier molecular flexibility index (Phi) is 10.5. The number of carbonyl (C=O) groups excluding carboxylic acids is 1. The van der Waals surface area contributed by atoms with E-state index in [1.165, 1.54) is 17.8 Å². The van der Waals surface area contributed by atoms with Crippen LogP contribution in [-0.4, -0.2) is 79.4 Å². The predicted octanol–water partition coefficient (Wildman–Crippen LogP) is 4.38. The number of nitrogens with one attached hydrogen (secondary N) is 1. The van der Waals surface area contributed by atoms with E-state index in [9.17, 15) is 19.6 Å². The first kappa shape index (κ1) is 36.4. The van der Waals surface area contributed by atoms with Crippen LogP contribution < -0.4 is 20.1 Å². The smallest absolute Gasteiger partial charge is 0.459 e. The molecule has 1 fully saturated rings. The summed E-state index contributed by atoms with van der Waals surface area (Å²) in [5.41, 5.74) is 4.19. The topological polar surface area (TPSA) is 202 Å². The molecular formula is C33H45N6O9P. The van der Waals surface area contributed by atoms with E-state index in [2.05, 4.69) is 20.0 Å². The first-order valence-corrected chi connectivity index (χ1v) is 17.6. The number of fused-ring (bicyclic) bond motifs is 2. The Morgan fingerprint density at radius 1 is 1.18 bits per heavy atom. The number of ether oxygens (including phenoxy) is 3. The number of carbonyl (C=O) groups is 1. The summed E-state index contributed by atoms with van der Waals surface area (Å²) < 4.78 is 45.4. The van der Waals surface area contributed by atoms with Crippen molar-refractivity contribution in [3.8, 4) is 11.6 Å². The first-order valence-electron chi connectivity index (χ1n) is 16.1. The van der Waals surface area contributed by atoms with Crippen LogP contribution in [0.2, 0.25) is 0 Å². The van der Waals surface area contributed by atoms with Crippen molar-refractivity contribution >= 4 is 41.6 Å². The molecule has 16 heteroatoms. The van der Waals surface area contributed by atoms with E-state index in [0.29, 0.717) is 12.0 Å². The second-order valence-corrected chi connectivity index (χ2v) is 15.4. The number of esters is 1. The van der Waals surface area contributed by atoms with E-state index < -0.39 is 50.4 Å². The lowest BCUT2D eigenvalue weighted by molar-refractivity contribution is -0.149. The van der Waals surface area contributed by atoms with Crippen molar-refractivity contribution in [2.24, 2.45) is 11.3 Å². The molecule has 15 nitrogen and oxygen atoms in total. The van der Waals surface area contributed by atoms with Crippen LogP contribution in [0.1, 0.15) is 54.7 Å². The molecule has 3 heterocycles. The predicted molar refractivity (Wildman–Crippen MR) is 182 cm³/mol. The molecule has 0 amide bonds. The molecule has 5 N–H and O–H groups in total. The van der Waals surface area contributed by atoms with Crippen molar-refractivity contribution in [2.45, 2.75) is 78.5 Å². The zero-order valence-electron chi connectivity index (χ0n) is 28.7. The van der Waals surface area contributed by atoms with Crippen molar-refractivity contribution < 1.29 is 42.8 Å². The molecule has 4 aromatic rings. The number of aliphatic hydroxyl groups is 2. The number of imidazole rings is 1. The van der Waals surface area contributed by atoms with Gasteiger partial charge >= 0.3 is 13.7 Å². The Hall–Kier alpha value is -3.85. The third-order valence-corrected chi connectivity index (χ3v) is 9.46. The third kappa shape index (κ3) is 7.98. The molecule has 1 aliphatic rings. The number of benzene rings is 2. The Labute approximate surface area is 284 Å². The summed E-state index contributed by atoms with van der Waals surface area (Å²) in [6.45, 7) is 12.4. The van der Waals surface area contributed by atoms with Gasteiger partial charge in [0.2, 0.25) is 11.8 Å². The average molecular weight is 701 g/mol. The summed E-state index contributed by atoms with van der Waals surface area (Å²) in [5, 5.41) is 27.1. The van der Waals surface area contributed by atoms with Gasteiger partial charge in [0.25, 0.3) is 0 Å². The SMILES string of the molecule is CCOc1nc(N)nc2c1ncn2[C@@H]1O[C@H](COP(=O)(N[C@H](C(=O)OCC(C)(C)C)C(C)C)Oc2cccc3ccccc23)[C@@H](O)[C@@]1(C)O. The van der Waals surface area contributed by atoms with E-state index in [1.807, 2.05) is 45.0 Å². The van der Waals surface area contributed by atoms with Crippen LogP contribution in [-0.2, 0) is 23.4 Å². The Bertz CT molecular complexity index is 1840. The van der Waals surface area contributed by atoms with E-state index in [-0.39, 0.29) is 46.7 Å². The van der Waals surface area contributed by atoms with Gasteiger partial charge in [0, 0.05) is 5.39 Å². The molecule has 2 aromatic carbocycles. The van der Waals surface area contributed by atoms with E-state index in [1.54, 1.807) is 39.0 Å². The molecule has 0 saturated carbocycles. The number of nitrogen functional groups attached to an aromatic ring is 1. The number of nitrogens with zero attached hydrogens (tertiary/aromatic N) is 4. The highest BCUT2D eigenvalue weighted by molar-refractivity contribution is 7.52. The summed E-state index contributed by atoms with van der Waals surface area (Å²) in [6.07, 6.45) is -2.63. The number of aromatic nitrogens is 4. The third-order valence-electron chi connectivity index (χ3n) is 7.94. The highest BCUT2D eigenvalue weighted by Crippen LogP contribution is 2.49. The van der Waals surface area contributed by atoms with Crippen LogP contribution in [0, 0.1) is 11.3 Å². The Morgan fingerprint density at radius 3 is 2.59 bits per heavy atom. The number of aliphatic hydroxyl groups excluding tert-OH is 1. The molecule has 0 bridgehead atoms. The number of rotatable bonds is 13. The van der Waals surface area contributed by atoms with Gasteiger partial charge in [0.15, 0.2) is 17.4 Å². The maximum Gasteiger partial charge on any atom is 0.459 e. The van der Waals surface area contributed by atoms with Crippen LogP contribution in [0.15, 0.2) is 48.8 Å². The zero-order valence-corrected chi connectivity index (χ0v) is 29.6. The van der Waals surface area contributed by atoms with Crippen LogP contribution in [0.5, 0.6) is 11.6 Å². The van der Waals surface area contributed by atoms with Gasteiger partial charge in [-0.1, -0.05) is 71.0 Å². The molecule has 0 aliphatic carbocycles. The largest absolute Gasteiger partial charge is 0.476 e. The van der Waals surface area contributed by atoms with Crippen LogP contribution >= 0.6 is 7.75 Å². The fourth-order valence-electron chi connectivity index (χ4n) is 5.38. The van der Waals surface area contributed by atoms with E-state index in [4.69, 9.17) is 29.0 Å². The normalized spacial score (nSPS) is 23.1. The Morgan fingerprint density at radius 2 is 1.90 bits per heavy atom. The Balaban J connectivity index is 1.44. The molecule has 1 unspecified atom stereocenters. The van der Waals surface area contributed by atoms with Gasteiger partial charge in [-0.25, -0.2) is 9.55 Å². The van der Waals surface area contributed by atoms with Gasteiger partial charge < -0.3 is 34.7 Å². The number of nitrogens with two attached hydrogens (primary N) is 1. The van der Waals surface area contributed by atoms with Crippen molar-refractivity contribution in [3.63, 3.8) is 0 Å². The fraction of sp³-hybridized carbons (Fsp3) is 0.515. The molecule has 1 saturated heterocycles. The number of hydrogen-bond donors (Lipinski definition) is 4. The van der Waals surface area contributed by atoms with Crippen LogP contribution in [0.4, 0.5) is 5.95 Å². The van der Waals surface area contributed by atoms with Crippen LogP contribution in [0.25, 0.3) is 21.9 Å². The lowest BCUT2D eigenvalue weighted by atomic mass is 9.96. The zero-order chi connectivity index (χ0) is 35.7. The van der Waals surface area contributed by atoms with Gasteiger partial charge in [0.05, 0.1) is 26.1 Å². The van der Waals surface area contributed by atoms with Gasteiger partial charge in [0.1, 0.15) is 29.6 Å². The fourth-order valence-corrected chi connectivity index (χ4v) is 7.07. The second kappa shape index (κ2) is 14.2. The first-order chi connectivity index (χ1) is 23.0. The minimum absolute atomic E-state index is 0.0888. The van der Waals surface area contributed by atoms with E-state index in [0.717, 1.165) is 5.39 Å². The van der Waals surface area contributed by atoms with Crippen molar-refractivity contribution in [2.75, 3.05) is 25.6 Å². The lowest BCUT2D eigenvalue weighted by Crippen LogP contribution is -2.45. The highest BCUT2D eigenvalue weighted by atomic mass is 31.2. The summed E-state index contributed by atoms with van der Waals surface area (Å²) >= 11 is 0. The highest BCUT2D eigenvalue weighted by Gasteiger charge is 2.54. The molecule has 49 heavy (non-hydrogen) atoms. The second-order valence-electron chi connectivity index (χ2n) is 13.7. The minimum Gasteiger partial charge on any atom is -0.476 e. The molecular weight excluding hydrogens is 655 g/mol. The van der Waals surface area contributed by atoms with Crippen molar-refractivity contribution in [1.82, 2.24) is 24.6 Å². The van der Waals surface area contributed by atoms with Gasteiger partial charge in [-0.05, 0) is 36.6 Å². The molecule has 0 radical (unpaired) electrons. The number of anilines is 1. The van der Waals surface area contributed by atoms with Gasteiger partial charge in [-0.2, -0.15) is 15.1 Å². The summed E-state index contributed by atoms with van der Waals surface area (Å²) in [7, 11) is -4.43. The molecule has 0 spiro atoms. The maximum absolute atomic E-state index is 14.7. The van der Waals surface area contributed by atoms with Crippen molar-refractivity contribution in [3.05, 3.63) is 48.8 Å². The minimum atomic E-state index is -4.43. The summed E-state index contributed by atoms with van der Waals surface area (Å²) in [4.78, 5) is 26.0. The average Bonchev–Trinajstić information content (AvgIpc) is 3.54. The van der Waals surface area contributed by atoms with Gasteiger partial charge in [-0.3, -0.25) is 13.9 Å². The quantitative estimate of drug-likeness (QED) is 0.113. The maximum atomic E-state index is 14.7. The van der Waals surface area contributed by atoms with Crippen molar-refractivity contribution in [1.29, 1.82) is 0 Å². The van der Waals surface area contributed by atoms with E-state index >= 15 is 0 Å². The summed E-state index contributed by atoms with van der Waals surface area (Å²) in [5.74, 6) is -0.710. The summed E-state index contributed by atoms with van der Waals surface area (Å²) in [6, 6.07) is 11.5. The molecule has 1 aliphatic heterocycles. The molecule has 5 rings (SSSR count). The molecule has 6 atom stereocenters. The number of hydrogen-bond acceptors (Lipinski definition) is 13. The molecule has 2 aromatic heterocycles. The molecule has 266 valence electrons. The lowest BCUT2D eigenvalue weighted by Gasteiger charge is -2.29. The standard InChI is InChI=1S/C33H45N6O9P/c1-8-44-28-25-27(36-31(34)37-28)39(18-35-25)30-33(7,42)26(40)23(47-30)16-46-49(43,38-24(19(2)3)29(41)45-17-32(4,5)6)48-22-15-11-13-20-12-9-10-14-21(20)22/h9-15,18-19,23-24,26,30,40,42H,8,16-17H2,1-7H3,(H,38,43)(H2,34,36,37)/t23-,24+,26-,30-,33-,49?/m1/s1.